The van der Waals surface area contributed by atoms with Crippen LogP contribution in [0.15, 0.2) is 79.1 Å². The number of aromatic nitrogens is 4. The van der Waals surface area contributed by atoms with Crippen LogP contribution < -0.4 is 15.4 Å². The number of carbonyl (C=O) groups is 1. The molecule has 1 saturated heterocycles. The van der Waals surface area contributed by atoms with Crippen LogP contribution in [0.5, 0.6) is 0 Å². The first-order valence-electron chi connectivity index (χ1n) is 15.5. The second-order valence-electron chi connectivity index (χ2n) is 12.1. The summed E-state index contributed by atoms with van der Waals surface area (Å²) in [6.45, 7) is 1.89. The van der Waals surface area contributed by atoms with Crippen molar-refractivity contribution in [2.75, 3.05) is 24.7 Å². The fraction of sp³-hybridized carbons (Fsp3) is 0.229. The van der Waals surface area contributed by atoms with Crippen molar-refractivity contribution in [1.82, 2.24) is 30.2 Å². The molecule has 12 heteroatoms. The van der Waals surface area contributed by atoms with Gasteiger partial charge in [-0.2, -0.15) is 5.10 Å². The summed E-state index contributed by atoms with van der Waals surface area (Å²) in [5.74, 6) is -0.0569. The molecule has 0 radical (unpaired) electrons. The quantitative estimate of drug-likeness (QED) is 0.131. The van der Waals surface area contributed by atoms with Crippen LogP contribution in [0, 0.1) is 11.7 Å². The molecule has 6 aromatic rings. The van der Waals surface area contributed by atoms with Gasteiger partial charge in [-0.3, -0.25) is 14.9 Å². The Morgan fingerprint density at radius 2 is 1.79 bits per heavy atom. The van der Waals surface area contributed by atoms with E-state index in [4.69, 9.17) is 0 Å². The van der Waals surface area contributed by atoms with Crippen LogP contribution in [0.2, 0.25) is 0 Å². The number of aromatic amines is 2. The Balaban J connectivity index is 1.18. The number of pyridine rings is 1. The lowest BCUT2D eigenvalue weighted by Crippen LogP contribution is -2.30. The molecule has 5 N–H and O–H groups in total. The van der Waals surface area contributed by atoms with Gasteiger partial charge in [-0.25, -0.2) is 17.5 Å². The smallest absolute Gasteiger partial charge is 0.224 e. The number of H-pyrrole nitrogens is 2. The molecule has 1 aliphatic rings. The minimum atomic E-state index is -3.43. The number of hydrogen-bond acceptors (Lipinski definition) is 6. The average molecular weight is 652 g/mol. The first-order valence-corrected chi connectivity index (χ1v) is 17.4. The zero-order chi connectivity index (χ0) is 32.5. The molecule has 0 aliphatic carbocycles. The first kappa shape index (κ1) is 30.7. The summed E-state index contributed by atoms with van der Waals surface area (Å²) in [4.78, 5) is 20.6. The largest absolute Gasteiger partial charge is 0.353 e. The van der Waals surface area contributed by atoms with Gasteiger partial charge in [0.05, 0.1) is 29.4 Å². The van der Waals surface area contributed by atoms with E-state index in [9.17, 15) is 17.6 Å². The second kappa shape index (κ2) is 12.7. The van der Waals surface area contributed by atoms with E-state index in [0.717, 1.165) is 82.1 Å². The van der Waals surface area contributed by atoms with Crippen molar-refractivity contribution in [3.05, 3.63) is 90.5 Å². The van der Waals surface area contributed by atoms with Crippen molar-refractivity contribution < 1.29 is 17.6 Å². The number of hydrogen-bond donors (Lipinski definition) is 5. The highest BCUT2D eigenvalue weighted by atomic mass is 32.2. The number of nitrogens with one attached hydrogen (secondary N) is 5. The van der Waals surface area contributed by atoms with Gasteiger partial charge in [0.2, 0.25) is 15.9 Å². The summed E-state index contributed by atoms with van der Waals surface area (Å²) in [6, 6.07) is 20.2. The molecule has 3 aromatic carbocycles. The lowest BCUT2D eigenvalue weighted by atomic mass is 9.94. The Kier molecular flexibility index (Phi) is 8.31. The Morgan fingerprint density at radius 1 is 0.936 bits per heavy atom. The minimum Gasteiger partial charge on any atom is -0.353 e. The van der Waals surface area contributed by atoms with Gasteiger partial charge >= 0.3 is 0 Å². The van der Waals surface area contributed by atoms with E-state index in [1.807, 2.05) is 48.5 Å². The van der Waals surface area contributed by atoms with Crippen LogP contribution >= 0.6 is 0 Å². The van der Waals surface area contributed by atoms with Crippen molar-refractivity contribution in [3.8, 4) is 33.6 Å². The van der Waals surface area contributed by atoms with Gasteiger partial charge in [0.15, 0.2) is 0 Å². The molecule has 0 atom stereocenters. The number of benzene rings is 3. The van der Waals surface area contributed by atoms with Crippen molar-refractivity contribution in [2.24, 2.45) is 5.92 Å². The molecular weight excluding hydrogens is 617 g/mol. The van der Waals surface area contributed by atoms with Crippen LogP contribution in [0.4, 0.5) is 10.1 Å². The summed E-state index contributed by atoms with van der Waals surface area (Å²) in [5, 5.41) is 15.9. The van der Waals surface area contributed by atoms with E-state index >= 15 is 0 Å². The standard InChI is InChI=1S/C35H34FN7O3S/c1-47(45,46)39-18-22-11-24(14-26(36)12-22)28-3-2-4-31-29(28)17-33(41-31)35-30-16-23(5-6-32(30)42-43-35)25-15-27(20-38-19-25)40-34(44)13-21-7-9-37-10-8-21/h2-6,11-12,14-17,19-21,37,39,41H,7-10,13,18H2,1H3,(H,40,44)(H,42,43). The number of amides is 1. The monoisotopic (exact) mass is 651 g/mol. The molecule has 0 unspecified atom stereocenters. The number of sulfonamides is 1. The lowest BCUT2D eigenvalue weighted by Gasteiger charge is -2.21. The maximum absolute atomic E-state index is 14.7. The van der Waals surface area contributed by atoms with Gasteiger partial charge in [-0.15, -0.1) is 0 Å². The van der Waals surface area contributed by atoms with Gasteiger partial charge in [0.1, 0.15) is 11.5 Å². The van der Waals surface area contributed by atoms with Gasteiger partial charge in [-0.1, -0.05) is 18.2 Å². The number of nitrogens with zero attached hydrogens (tertiary/aromatic N) is 2. The fourth-order valence-corrected chi connectivity index (χ4v) is 6.71. The Morgan fingerprint density at radius 3 is 2.62 bits per heavy atom. The SMILES string of the molecule is CS(=O)(=O)NCc1cc(F)cc(-c2cccc3[nH]c(-c4n[nH]c5ccc(-c6cncc(NC(=O)CC7CCNCC7)c6)cc45)cc23)c1. The number of anilines is 1. The zero-order valence-corrected chi connectivity index (χ0v) is 26.5. The maximum atomic E-state index is 14.7. The topological polar surface area (TPSA) is 145 Å². The summed E-state index contributed by atoms with van der Waals surface area (Å²) < 4.78 is 40.3. The summed E-state index contributed by atoms with van der Waals surface area (Å²) >= 11 is 0. The highest BCUT2D eigenvalue weighted by molar-refractivity contribution is 7.88. The van der Waals surface area contributed by atoms with Gasteiger partial charge in [0.25, 0.3) is 0 Å². The summed E-state index contributed by atoms with van der Waals surface area (Å²) in [6.07, 6.45) is 7.03. The van der Waals surface area contributed by atoms with E-state index in [2.05, 4.69) is 35.5 Å². The number of rotatable bonds is 9. The van der Waals surface area contributed by atoms with Crippen molar-refractivity contribution >= 4 is 43.4 Å². The molecule has 3 aromatic heterocycles. The number of carbonyl (C=O) groups excluding carboxylic acids is 1. The van der Waals surface area contributed by atoms with Crippen LogP contribution in [0.3, 0.4) is 0 Å². The molecule has 1 fully saturated rings. The number of halogens is 1. The van der Waals surface area contributed by atoms with Gasteiger partial charge in [0, 0.05) is 41.0 Å². The Labute approximate surface area is 271 Å². The Hall–Kier alpha value is -4.91. The zero-order valence-electron chi connectivity index (χ0n) is 25.7. The lowest BCUT2D eigenvalue weighted by molar-refractivity contribution is -0.117. The molecule has 0 bridgehead atoms. The highest BCUT2D eigenvalue weighted by Gasteiger charge is 2.18. The maximum Gasteiger partial charge on any atom is 0.224 e. The summed E-state index contributed by atoms with van der Waals surface area (Å²) in [5.41, 5.74) is 7.61. The van der Waals surface area contributed by atoms with E-state index < -0.39 is 15.8 Å². The number of piperidine rings is 1. The van der Waals surface area contributed by atoms with Crippen molar-refractivity contribution in [3.63, 3.8) is 0 Å². The van der Waals surface area contributed by atoms with E-state index in [1.54, 1.807) is 18.5 Å². The molecule has 4 heterocycles. The van der Waals surface area contributed by atoms with Crippen molar-refractivity contribution in [1.29, 1.82) is 0 Å². The minimum absolute atomic E-state index is 0.00152. The predicted molar refractivity (Wildman–Crippen MR) is 183 cm³/mol. The molecule has 1 aliphatic heterocycles. The number of fused-ring (bicyclic) bond motifs is 2. The van der Waals surface area contributed by atoms with Crippen molar-refractivity contribution in [2.45, 2.75) is 25.8 Å². The normalized spacial score (nSPS) is 14.2. The van der Waals surface area contributed by atoms with Crippen LogP contribution in [0.25, 0.3) is 55.4 Å². The van der Waals surface area contributed by atoms with Crippen LogP contribution in [0.1, 0.15) is 24.8 Å². The third-order valence-corrected chi connectivity index (χ3v) is 9.25. The van der Waals surface area contributed by atoms with Crippen LogP contribution in [-0.2, 0) is 21.4 Å². The fourth-order valence-electron chi connectivity index (χ4n) is 6.28. The predicted octanol–water partition coefficient (Wildman–Crippen LogP) is 5.96. The molecular formula is C35H34FN7O3S. The van der Waals surface area contributed by atoms with E-state index in [-0.39, 0.29) is 12.5 Å². The molecule has 240 valence electrons. The van der Waals surface area contributed by atoms with Gasteiger partial charge < -0.3 is 15.6 Å². The Bertz CT molecular complexity index is 2220. The summed E-state index contributed by atoms with van der Waals surface area (Å²) in [7, 11) is -3.43. The van der Waals surface area contributed by atoms with E-state index in [1.165, 1.54) is 12.1 Å². The molecule has 47 heavy (non-hydrogen) atoms. The molecule has 0 spiro atoms. The molecule has 10 nitrogen and oxygen atoms in total. The van der Waals surface area contributed by atoms with E-state index in [0.29, 0.717) is 29.2 Å². The molecule has 0 saturated carbocycles. The van der Waals surface area contributed by atoms with Gasteiger partial charge in [-0.05, 0) is 103 Å². The highest BCUT2D eigenvalue weighted by Crippen LogP contribution is 2.36. The van der Waals surface area contributed by atoms with Crippen LogP contribution in [-0.4, -0.2) is 53.8 Å². The second-order valence-corrected chi connectivity index (χ2v) is 14.0. The third kappa shape index (κ3) is 6.94. The average Bonchev–Trinajstić information content (AvgIpc) is 3.68. The third-order valence-electron chi connectivity index (χ3n) is 8.58. The molecule has 7 rings (SSSR count). The molecule has 1 amide bonds. The first-order chi connectivity index (χ1) is 22.7.